The van der Waals surface area contributed by atoms with Gasteiger partial charge in [0, 0.05) is 12.7 Å². The molecule has 0 amide bonds. The Kier molecular flexibility index (Phi) is 4.42. The van der Waals surface area contributed by atoms with Crippen molar-refractivity contribution < 1.29 is 4.39 Å². The molecule has 1 aromatic heterocycles. The van der Waals surface area contributed by atoms with Crippen LogP contribution >= 0.6 is 0 Å². The van der Waals surface area contributed by atoms with E-state index in [4.69, 9.17) is 0 Å². The third-order valence-electron chi connectivity index (χ3n) is 2.91. The number of hydrogen-bond donors (Lipinski definition) is 1. The molecule has 0 atom stereocenters. The van der Waals surface area contributed by atoms with Crippen LogP contribution in [0.4, 0.5) is 4.39 Å². The van der Waals surface area contributed by atoms with Gasteiger partial charge in [-0.25, -0.2) is 4.39 Å². The van der Waals surface area contributed by atoms with Crippen LogP contribution in [0.25, 0.3) is 0 Å². The summed E-state index contributed by atoms with van der Waals surface area (Å²) in [5, 5.41) is 3.34. The van der Waals surface area contributed by atoms with E-state index in [0.717, 1.165) is 30.8 Å². The lowest BCUT2D eigenvalue weighted by Crippen LogP contribution is -2.17. The largest absolute Gasteiger partial charge is 0.311 e. The Hall–Kier alpha value is -1.74. The average molecular weight is 244 g/mol. The van der Waals surface area contributed by atoms with Gasteiger partial charge in [0.15, 0.2) is 0 Å². The molecule has 2 nitrogen and oxygen atoms in total. The van der Waals surface area contributed by atoms with Crippen LogP contribution in [-0.4, -0.2) is 11.5 Å². The van der Waals surface area contributed by atoms with Crippen molar-refractivity contribution in [2.45, 2.75) is 19.9 Å². The van der Waals surface area contributed by atoms with Gasteiger partial charge in [-0.1, -0.05) is 12.1 Å². The average Bonchev–Trinajstić information content (AvgIpc) is 2.38. The molecule has 1 heterocycles. The fourth-order valence-corrected chi connectivity index (χ4v) is 1.88. The quantitative estimate of drug-likeness (QED) is 0.818. The minimum Gasteiger partial charge on any atom is -0.311 e. The molecule has 2 aromatic rings. The highest BCUT2D eigenvalue weighted by Crippen LogP contribution is 2.10. The Morgan fingerprint density at radius 2 is 2.11 bits per heavy atom. The topological polar surface area (TPSA) is 24.9 Å². The number of hydrogen-bond acceptors (Lipinski definition) is 2. The fourth-order valence-electron chi connectivity index (χ4n) is 1.88. The number of aromatic nitrogens is 1. The monoisotopic (exact) mass is 244 g/mol. The number of pyridine rings is 1. The molecule has 0 radical (unpaired) electrons. The van der Waals surface area contributed by atoms with E-state index in [9.17, 15) is 4.39 Å². The Bertz CT molecular complexity index is 497. The van der Waals surface area contributed by atoms with Crippen LogP contribution in [0.1, 0.15) is 16.8 Å². The van der Waals surface area contributed by atoms with Crippen LogP contribution in [0.15, 0.2) is 42.6 Å². The smallest absolute Gasteiger partial charge is 0.123 e. The molecule has 2 rings (SSSR count). The Labute approximate surface area is 107 Å². The molecule has 1 N–H and O–H groups in total. The first-order valence-electron chi connectivity index (χ1n) is 6.11. The van der Waals surface area contributed by atoms with E-state index in [2.05, 4.69) is 10.3 Å². The van der Waals surface area contributed by atoms with Crippen molar-refractivity contribution in [1.82, 2.24) is 10.3 Å². The van der Waals surface area contributed by atoms with Crippen LogP contribution in [0.2, 0.25) is 0 Å². The summed E-state index contributed by atoms with van der Waals surface area (Å²) < 4.78 is 12.9. The number of aryl methyl sites for hydroxylation is 1. The maximum Gasteiger partial charge on any atom is 0.123 e. The van der Waals surface area contributed by atoms with Crippen LogP contribution in [0.5, 0.6) is 0 Å². The van der Waals surface area contributed by atoms with Gasteiger partial charge in [-0.05, 0) is 55.3 Å². The van der Waals surface area contributed by atoms with Crippen molar-refractivity contribution in [3.8, 4) is 0 Å². The number of rotatable bonds is 5. The van der Waals surface area contributed by atoms with Crippen molar-refractivity contribution >= 4 is 0 Å². The van der Waals surface area contributed by atoms with Gasteiger partial charge in [0.1, 0.15) is 5.82 Å². The summed E-state index contributed by atoms with van der Waals surface area (Å²) in [4.78, 5) is 4.24. The molecule has 0 bridgehead atoms. The van der Waals surface area contributed by atoms with Crippen LogP contribution in [-0.2, 0) is 13.0 Å². The Morgan fingerprint density at radius 1 is 1.22 bits per heavy atom. The standard InChI is InChI=1S/C15H17FN2/c1-12-10-14(16)6-5-13(12)7-9-17-11-15-4-2-3-8-18-15/h2-6,8,10,17H,7,9,11H2,1H3. The first kappa shape index (κ1) is 12.7. The first-order chi connectivity index (χ1) is 8.75. The van der Waals surface area contributed by atoms with E-state index in [1.807, 2.05) is 31.2 Å². The molecule has 1 aromatic carbocycles. The molecule has 0 aliphatic carbocycles. The number of nitrogens with one attached hydrogen (secondary N) is 1. The first-order valence-corrected chi connectivity index (χ1v) is 6.11. The van der Waals surface area contributed by atoms with E-state index in [1.54, 1.807) is 12.3 Å². The molecule has 0 aliphatic rings. The molecule has 0 saturated carbocycles. The zero-order chi connectivity index (χ0) is 12.8. The summed E-state index contributed by atoms with van der Waals surface area (Å²) in [6.45, 7) is 3.57. The van der Waals surface area contributed by atoms with Crippen LogP contribution in [0, 0.1) is 12.7 Å². The third-order valence-corrected chi connectivity index (χ3v) is 2.91. The normalized spacial score (nSPS) is 10.6. The van der Waals surface area contributed by atoms with Crippen molar-refractivity contribution in [2.75, 3.05) is 6.54 Å². The lowest BCUT2D eigenvalue weighted by molar-refractivity contribution is 0.624. The van der Waals surface area contributed by atoms with E-state index < -0.39 is 0 Å². The van der Waals surface area contributed by atoms with Gasteiger partial charge in [0.2, 0.25) is 0 Å². The second-order valence-electron chi connectivity index (χ2n) is 4.32. The number of nitrogens with zero attached hydrogens (tertiary/aromatic N) is 1. The zero-order valence-electron chi connectivity index (χ0n) is 10.5. The van der Waals surface area contributed by atoms with E-state index in [1.165, 1.54) is 11.6 Å². The lowest BCUT2D eigenvalue weighted by atomic mass is 10.1. The van der Waals surface area contributed by atoms with Gasteiger partial charge in [-0.3, -0.25) is 4.98 Å². The molecule has 0 aliphatic heterocycles. The number of halogens is 1. The highest BCUT2D eigenvalue weighted by molar-refractivity contribution is 5.26. The molecular weight excluding hydrogens is 227 g/mol. The van der Waals surface area contributed by atoms with E-state index in [-0.39, 0.29) is 5.82 Å². The van der Waals surface area contributed by atoms with Gasteiger partial charge in [0.25, 0.3) is 0 Å². The minimum absolute atomic E-state index is 0.169. The molecular formula is C15H17FN2. The third kappa shape index (κ3) is 3.64. The summed E-state index contributed by atoms with van der Waals surface area (Å²) >= 11 is 0. The van der Waals surface area contributed by atoms with Crippen molar-refractivity contribution in [1.29, 1.82) is 0 Å². The molecule has 0 saturated heterocycles. The molecule has 0 spiro atoms. The summed E-state index contributed by atoms with van der Waals surface area (Å²) in [5.74, 6) is -0.169. The van der Waals surface area contributed by atoms with Gasteiger partial charge in [0.05, 0.1) is 5.69 Å². The molecule has 94 valence electrons. The molecule has 0 unspecified atom stereocenters. The van der Waals surface area contributed by atoms with E-state index >= 15 is 0 Å². The predicted molar refractivity (Wildman–Crippen MR) is 70.8 cm³/mol. The zero-order valence-corrected chi connectivity index (χ0v) is 10.5. The second kappa shape index (κ2) is 6.26. The molecule has 0 fully saturated rings. The summed E-state index contributed by atoms with van der Waals surface area (Å²) in [7, 11) is 0. The summed E-state index contributed by atoms with van der Waals surface area (Å²) in [5.41, 5.74) is 3.23. The highest BCUT2D eigenvalue weighted by Gasteiger charge is 2.00. The maximum absolute atomic E-state index is 12.9. The number of benzene rings is 1. The Morgan fingerprint density at radius 3 is 2.83 bits per heavy atom. The van der Waals surface area contributed by atoms with Gasteiger partial charge in [-0.15, -0.1) is 0 Å². The van der Waals surface area contributed by atoms with Gasteiger partial charge < -0.3 is 5.32 Å². The maximum atomic E-state index is 12.9. The SMILES string of the molecule is Cc1cc(F)ccc1CCNCc1ccccn1. The van der Waals surface area contributed by atoms with Crippen molar-refractivity contribution in [3.63, 3.8) is 0 Å². The fraction of sp³-hybridized carbons (Fsp3) is 0.267. The van der Waals surface area contributed by atoms with E-state index in [0.29, 0.717) is 0 Å². The summed E-state index contributed by atoms with van der Waals surface area (Å²) in [6.07, 6.45) is 2.69. The second-order valence-corrected chi connectivity index (χ2v) is 4.32. The summed E-state index contributed by atoms with van der Waals surface area (Å²) in [6, 6.07) is 10.8. The lowest BCUT2D eigenvalue weighted by Gasteiger charge is -2.07. The molecule has 3 heteroatoms. The van der Waals surface area contributed by atoms with Crippen molar-refractivity contribution in [2.24, 2.45) is 0 Å². The predicted octanol–water partition coefficient (Wildman–Crippen LogP) is 2.86. The Balaban J connectivity index is 1.79. The van der Waals surface area contributed by atoms with Crippen LogP contribution < -0.4 is 5.32 Å². The van der Waals surface area contributed by atoms with Gasteiger partial charge >= 0.3 is 0 Å². The van der Waals surface area contributed by atoms with Crippen molar-refractivity contribution in [3.05, 3.63) is 65.2 Å². The highest BCUT2D eigenvalue weighted by atomic mass is 19.1. The van der Waals surface area contributed by atoms with Gasteiger partial charge in [-0.2, -0.15) is 0 Å². The minimum atomic E-state index is -0.169. The molecule has 18 heavy (non-hydrogen) atoms. The van der Waals surface area contributed by atoms with Crippen LogP contribution in [0.3, 0.4) is 0 Å².